The predicted molar refractivity (Wildman–Crippen MR) is 85.5 cm³/mol. The molecule has 0 radical (unpaired) electrons. The van der Waals surface area contributed by atoms with Gasteiger partial charge in [0.25, 0.3) is 0 Å². The number of hydrogen-bond acceptors (Lipinski definition) is 4. The second-order valence-corrected chi connectivity index (χ2v) is 5.74. The Morgan fingerprint density at radius 1 is 1.27 bits per heavy atom. The van der Waals surface area contributed by atoms with Crippen molar-refractivity contribution in [2.45, 2.75) is 39.0 Å². The van der Waals surface area contributed by atoms with Crippen LogP contribution in [-0.4, -0.2) is 45.5 Å². The van der Waals surface area contributed by atoms with Crippen molar-refractivity contribution in [3.05, 3.63) is 48.0 Å². The summed E-state index contributed by atoms with van der Waals surface area (Å²) in [4.78, 5) is 6.80. The molecular weight excluding hydrogens is 276 g/mol. The van der Waals surface area contributed by atoms with Gasteiger partial charge in [0.1, 0.15) is 12.2 Å². The molecule has 1 aliphatic rings. The van der Waals surface area contributed by atoms with Gasteiger partial charge in [0.2, 0.25) is 0 Å². The van der Waals surface area contributed by atoms with Crippen molar-refractivity contribution in [2.24, 2.45) is 0 Å². The number of benzene rings is 1. The smallest absolute Gasteiger partial charge is 0.140 e. The molecule has 1 aromatic heterocycles. The summed E-state index contributed by atoms with van der Waals surface area (Å²) in [5.41, 5.74) is 1.38. The first-order chi connectivity index (χ1) is 10.8. The second kappa shape index (κ2) is 7.51. The fourth-order valence-corrected chi connectivity index (χ4v) is 2.95. The lowest BCUT2D eigenvalue weighted by molar-refractivity contribution is -0.0356. The van der Waals surface area contributed by atoms with Crippen molar-refractivity contribution in [3.8, 4) is 0 Å². The quantitative estimate of drug-likeness (QED) is 0.820. The first-order valence-electron chi connectivity index (χ1n) is 8.09. The summed E-state index contributed by atoms with van der Waals surface area (Å²) < 4.78 is 7.89. The Morgan fingerprint density at radius 3 is 2.95 bits per heavy atom. The highest BCUT2D eigenvalue weighted by atomic mass is 16.5. The van der Waals surface area contributed by atoms with Gasteiger partial charge < -0.3 is 4.74 Å². The Balaban J connectivity index is 1.51. The molecule has 0 spiro atoms. The van der Waals surface area contributed by atoms with Crippen LogP contribution in [0.2, 0.25) is 0 Å². The van der Waals surface area contributed by atoms with Gasteiger partial charge in [0, 0.05) is 19.6 Å². The van der Waals surface area contributed by atoms with Crippen LogP contribution in [0.15, 0.2) is 36.7 Å². The third-order valence-corrected chi connectivity index (χ3v) is 4.18. The number of hydrogen-bond donors (Lipinski definition) is 0. The van der Waals surface area contributed by atoms with E-state index in [1.807, 2.05) is 4.68 Å². The Labute approximate surface area is 131 Å². The maximum absolute atomic E-state index is 5.92. The van der Waals surface area contributed by atoms with Crippen LogP contribution in [0.4, 0.5) is 0 Å². The summed E-state index contributed by atoms with van der Waals surface area (Å²) >= 11 is 0. The zero-order chi connectivity index (χ0) is 15.2. The van der Waals surface area contributed by atoms with E-state index in [4.69, 9.17) is 4.74 Å². The monoisotopic (exact) mass is 300 g/mol. The largest absolute Gasteiger partial charge is 0.376 e. The average Bonchev–Trinajstić information content (AvgIpc) is 3.01. The van der Waals surface area contributed by atoms with Gasteiger partial charge in [-0.2, -0.15) is 5.10 Å². The van der Waals surface area contributed by atoms with E-state index in [0.29, 0.717) is 6.10 Å². The van der Waals surface area contributed by atoms with Crippen molar-refractivity contribution in [2.75, 3.05) is 19.7 Å². The molecule has 3 rings (SSSR count). The summed E-state index contributed by atoms with van der Waals surface area (Å²) in [6, 6.07) is 10.6. The molecule has 5 nitrogen and oxygen atoms in total. The minimum atomic E-state index is 0.312. The van der Waals surface area contributed by atoms with E-state index in [-0.39, 0.29) is 0 Å². The minimum absolute atomic E-state index is 0.312. The molecule has 0 saturated carbocycles. The Bertz CT molecular complexity index is 569. The van der Waals surface area contributed by atoms with E-state index in [1.165, 1.54) is 5.56 Å². The zero-order valence-electron chi connectivity index (χ0n) is 13.2. The molecule has 0 unspecified atom stereocenters. The first kappa shape index (κ1) is 15.2. The molecule has 1 saturated heterocycles. The van der Waals surface area contributed by atoms with E-state index < -0.39 is 0 Å². The summed E-state index contributed by atoms with van der Waals surface area (Å²) in [6.07, 6.45) is 4.10. The number of ether oxygens (including phenoxy) is 1. The van der Waals surface area contributed by atoms with Crippen LogP contribution in [-0.2, 0) is 24.2 Å². The molecule has 5 heteroatoms. The molecule has 22 heavy (non-hydrogen) atoms. The number of rotatable bonds is 6. The second-order valence-electron chi connectivity index (χ2n) is 5.74. The van der Waals surface area contributed by atoms with Crippen molar-refractivity contribution in [3.63, 3.8) is 0 Å². The maximum atomic E-state index is 5.92. The molecule has 0 aliphatic carbocycles. The van der Waals surface area contributed by atoms with Crippen LogP contribution in [0.25, 0.3) is 0 Å². The molecular formula is C17H24N4O. The summed E-state index contributed by atoms with van der Waals surface area (Å²) in [6.45, 7) is 6.58. The van der Waals surface area contributed by atoms with Gasteiger partial charge in [-0.25, -0.2) is 9.67 Å². The van der Waals surface area contributed by atoms with Crippen molar-refractivity contribution >= 4 is 0 Å². The molecule has 1 atom stereocenters. The summed E-state index contributed by atoms with van der Waals surface area (Å²) in [5.74, 6) is 1.05. The zero-order valence-corrected chi connectivity index (χ0v) is 13.2. The highest BCUT2D eigenvalue weighted by Gasteiger charge is 2.21. The van der Waals surface area contributed by atoms with Crippen LogP contribution in [0.1, 0.15) is 24.7 Å². The SMILES string of the molecule is CCn1ncnc1CN1CCO[C@H](CCc2ccccc2)C1. The molecule has 0 bridgehead atoms. The number of nitrogens with zero attached hydrogens (tertiary/aromatic N) is 4. The number of morpholine rings is 1. The van der Waals surface area contributed by atoms with E-state index in [9.17, 15) is 0 Å². The molecule has 0 N–H and O–H groups in total. The van der Waals surface area contributed by atoms with Crippen LogP contribution >= 0.6 is 0 Å². The van der Waals surface area contributed by atoms with E-state index in [1.54, 1.807) is 6.33 Å². The Morgan fingerprint density at radius 2 is 2.14 bits per heavy atom. The summed E-state index contributed by atoms with van der Waals surface area (Å²) in [7, 11) is 0. The van der Waals surface area contributed by atoms with Gasteiger partial charge in [-0.3, -0.25) is 4.90 Å². The summed E-state index contributed by atoms with van der Waals surface area (Å²) in [5, 5.41) is 4.24. The molecule has 1 fully saturated rings. The molecule has 118 valence electrons. The molecule has 1 aliphatic heterocycles. The van der Waals surface area contributed by atoms with Gasteiger partial charge in [0.15, 0.2) is 0 Å². The minimum Gasteiger partial charge on any atom is -0.376 e. The van der Waals surface area contributed by atoms with E-state index >= 15 is 0 Å². The topological polar surface area (TPSA) is 43.2 Å². The first-order valence-corrected chi connectivity index (χ1v) is 8.09. The molecule has 2 heterocycles. The van der Waals surface area contributed by atoms with Gasteiger partial charge in [-0.1, -0.05) is 30.3 Å². The number of aryl methyl sites for hydroxylation is 2. The standard InChI is InChI=1S/C17H24N4O/c1-2-21-17(18-14-19-21)13-20-10-11-22-16(12-20)9-8-15-6-4-3-5-7-15/h3-7,14,16H,2,8-13H2,1H3/t16-/m1/s1. The highest BCUT2D eigenvalue weighted by molar-refractivity contribution is 5.14. The van der Waals surface area contributed by atoms with Crippen LogP contribution in [0.5, 0.6) is 0 Å². The lowest BCUT2D eigenvalue weighted by Crippen LogP contribution is -2.42. The van der Waals surface area contributed by atoms with Crippen LogP contribution in [0, 0.1) is 0 Å². The van der Waals surface area contributed by atoms with E-state index in [0.717, 1.165) is 51.5 Å². The van der Waals surface area contributed by atoms with Gasteiger partial charge >= 0.3 is 0 Å². The predicted octanol–water partition coefficient (Wildman–Crippen LogP) is 2.13. The third-order valence-electron chi connectivity index (χ3n) is 4.18. The third kappa shape index (κ3) is 3.93. The van der Waals surface area contributed by atoms with Crippen LogP contribution in [0.3, 0.4) is 0 Å². The van der Waals surface area contributed by atoms with E-state index in [2.05, 4.69) is 52.2 Å². The fourth-order valence-electron chi connectivity index (χ4n) is 2.95. The van der Waals surface area contributed by atoms with Gasteiger partial charge in [-0.15, -0.1) is 0 Å². The molecule has 0 amide bonds. The van der Waals surface area contributed by atoms with Gasteiger partial charge in [-0.05, 0) is 25.3 Å². The number of aromatic nitrogens is 3. The molecule has 1 aromatic carbocycles. The maximum Gasteiger partial charge on any atom is 0.140 e. The molecule has 2 aromatic rings. The highest BCUT2D eigenvalue weighted by Crippen LogP contribution is 2.14. The Hall–Kier alpha value is -1.72. The lowest BCUT2D eigenvalue weighted by Gasteiger charge is -2.32. The van der Waals surface area contributed by atoms with Crippen molar-refractivity contribution in [1.82, 2.24) is 19.7 Å². The van der Waals surface area contributed by atoms with Crippen LogP contribution < -0.4 is 0 Å². The lowest BCUT2D eigenvalue weighted by atomic mass is 10.1. The van der Waals surface area contributed by atoms with Crippen molar-refractivity contribution < 1.29 is 4.74 Å². The average molecular weight is 300 g/mol. The van der Waals surface area contributed by atoms with Gasteiger partial charge in [0.05, 0.1) is 19.3 Å². The fraction of sp³-hybridized carbons (Fsp3) is 0.529. The van der Waals surface area contributed by atoms with Crippen molar-refractivity contribution in [1.29, 1.82) is 0 Å². The normalized spacial score (nSPS) is 19.4. The Kier molecular flexibility index (Phi) is 5.19.